The van der Waals surface area contributed by atoms with E-state index in [1.165, 1.54) is 16.7 Å². The Kier molecular flexibility index (Phi) is 3.94. The molecule has 0 aliphatic heterocycles. The number of hydrogen-bond acceptors (Lipinski definition) is 1. The van der Waals surface area contributed by atoms with Crippen LogP contribution in [0.1, 0.15) is 16.7 Å². The molecule has 0 bridgehead atoms. The van der Waals surface area contributed by atoms with E-state index in [0.717, 1.165) is 12.0 Å². The number of benzene rings is 1. The fourth-order valence-electron chi connectivity index (χ4n) is 1.36. The molecule has 72 valence electrons. The monoisotopic (exact) mass is 241 g/mol. The van der Waals surface area contributed by atoms with Crippen molar-refractivity contribution in [1.82, 2.24) is 4.90 Å². The lowest BCUT2D eigenvalue weighted by Gasteiger charge is -2.14. The zero-order chi connectivity index (χ0) is 9.84. The fraction of sp³-hybridized carbons (Fsp3) is 0.455. The first-order chi connectivity index (χ1) is 6.13. The highest BCUT2D eigenvalue weighted by molar-refractivity contribution is 9.09. The number of hydrogen-bond donors (Lipinski definition) is 0. The molecule has 0 saturated carbocycles. The van der Waals surface area contributed by atoms with Crippen molar-refractivity contribution < 1.29 is 0 Å². The second kappa shape index (κ2) is 4.77. The second-order valence-electron chi connectivity index (χ2n) is 3.56. The van der Waals surface area contributed by atoms with E-state index in [9.17, 15) is 0 Å². The Bertz CT molecular complexity index is 283. The molecular weight excluding hydrogens is 226 g/mol. The maximum Gasteiger partial charge on any atom is 0.0542 e. The summed E-state index contributed by atoms with van der Waals surface area (Å²) in [6.45, 7) is 5.31. The van der Waals surface area contributed by atoms with E-state index < -0.39 is 0 Å². The third-order valence-corrected chi connectivity index (χ3v) is 3.00. The highest BCUT2D eigenvalue weighted by atomic mass is 79.9. The van der Waals surface area contributed by atoms with Gasteiger partial charge < -0.3 is 0 Å². The van der Waals surface area contributed by atoms with Gasteiger partial charge in [-0.1, -0.05) is 39.7 Å². The van der Waals surface area contributed by atoms with Gasteiger partial charge in [-0.25, -0.2) is 0 Å². The number of rotatable bonds is 3. The van der Waals surface area contributed by atoms with Gasteiger partial charge in [0.25, 0.3) is 0 Å². The summed E-state index contributed by atoms with van der Waals surface area (Å²) in [5.74, 6) is 0. The predicted molar refractivity (Wildman–Crippen MR) is 61.2 cm³/mol. The van der Waals surface area contributed by atoms with Gasteiger partial charge in [-0.15, -0.1) is 0 Å². The first kappa shape index (κ1) is 10.7. The van der Waals surface area contributed by atoms with Gasteiger partial charge in [0.1, 0.15) is 0 Å². The van der Waals surface area contributed by atoms with Crippen molar-refractivity contribution in [3.05, 3.63) is 34.9 Å². The molecule has 0 fully saturated rings. The number of nitrogens with zero attached hydrogens (tertiary/aromatic N) is 1. The van der Waals surface area contributed by atoms with Crippen molar-refractivity contribution in [3.8, 4) is 0 Å². The zero-order valence-corrected chi connectivity index (χ0v) is 10.1. The van der Waals surface area contributed by atoms with Crippen LogP contribution in [0.15, 0.2) is 18.2 Å². The van der Waals surface area contributed by atoms with E-state index in [2.05, 4.69) is 59.9 Å². The van der Waals surface area contributed by atoms with Crippen LogP contribution in [0.2, 0.25) is 0 Å². The van der Waals surface area contributed by atoms with E-state index in [0.29, 0.717) is 0 Å². The standard InChI is InChI=1S/C11H16BrN/c1-9-4-5-11(10(2)6-9)7-13(3)8-12/h4-6H,7-8H2,1-3H3. The Labute approximate surface area is 88.9 Å². The molecule has 1 aromatic rings. The first-order valence-corrected chi connectivity index (χ1v) is 5.56. The van der Waals surface area contributed by atoms with Crippen LogP contribution in [-0.2, 0) is 6.54 Å². The minimum Gasteiger partial charge on any atom is -0.292 e. The third-order valence-electron chi connectivity index (χ3n) is 2.14. The lowest BCUT2D eigenvalue weighted by atomic mass is 10.1. The molecule has 0 heterocycles. The summed E-state index contributed by atoms with van der Waals surface area (Å²) in [6, 6.07) is 6.62. The van der Waals surface area contributed by atoms with Gasteiger partial charge in [-0.3, -0.25) is 4.90 Å². The van der Waals surface area contributed by atoms with Crippen molar-refractivity contribution >= 4 is 15.9 Å². The topological polar surface area (TPSA) is 3.24 Å². The van der Waals surface area contributed by atoms with E-state index in [4.69, 9.17) is 0 Å². The molecule has 0 N–H and O–H groups in total. The van der Waals surface area contributed by atoms with Crippen molar-refractivity contribution in [2.24, 2.45) is 0 Å². The first-order valence-electron chi connectivity index (χ1n) is 4.44. The summed E-state index contributed by atoms with van der Waals surface area (Å²) >= 11 is 3.44. The molecule has 1 aromatic carbocycles. The largest absolute Gasteiger partial charge is 0.292 e. The molecule has 2 heteroatoms. The van der Waals surface area contributed by atoms with Gasteiger partial charge in [0.2, 0.25) is 0 Å². The van der Waals surface area contributed by atoms with Crippen molar-refractivity contribution in [2.45, 2.75) is 20.4 Å². The normalized spacial score (nSPS) is 10.8. The lowest BCUT2D eigenvalue weighted by molar-refractivity contribution is 0.389. The highest BCUT2D eigenvalue weighted by Crippen LogP contribution is 2.12. The van der Waals surface area contributed by atoms with Gasteiger partial charge in [0.15, 0.2) is 0 Å². The van der Waals surface area contributed by atoms with Crippen LogP contribution in [0.4, 0.5) is 0 Å². The van der Waals surface area contributed by atoms with Crippen LogP contribution in [0.5, 0.6) is 0 Å². The predicted octanol–water partition coefficient (Wildman–Crippen LogP) is 3.09. The molecule has 0 saturated heterocycles. The quantitative estimate of drug-likeness (QED) is 0.581. The third kappa shape index (κ3) is 3.12. The molecule has 0 aliphatic carbocycles. The Morgan fingerprint density at radius 2 is 2.00 bits per heavy atom. The summed E-state index contributed by atoms with van der Waals surface area (Å²) < 4.78 is 0. The zero-order valence-electron chi connectivity index (χ0n) is 8.47. The summed E-state index contributed by atoms with van der Waals surface area (Å²) in [4.78, 5) is 2.23. The van der Waals surface area contributed by atoms with E-state index >= 15 is 0 Å². The fourth-order valence-corrected chi connectivity index (χ4v) is 1.53. The molecule has 13 heavy (non-hydrogen) atoms. The smallest absolute Gasteiger partial charge is 0.0542 e. The van der Waals surface area contributed by atoms with Gasteiger partial charge >= 0.3 is 0 Å². The van der Waals surface area contributed by atoms with Crippen LogP contribution >= 0.6 is 15.9 Å². The molecule has 0 aliphatic rings. The van der Waals surface area contributed by atoms with Gasteiger partial charge in [-0.05, 0) is 32.0 Å². The van der Waals surface area contributed by atoms with E-state index in [1.807, 2.05) is 0 Å². The molecule has 0 radical (unpaired) electrons. The number of alkyl halides is 1. The molecule has 1 rings (SSSR count). The molecule has 0 amide bonds. The molecule has 0 spiro atoms. The maximum atomic E-state index is 3.44. The minimum atomic E-state index is 0.917. The van der Waals surface area contributed by atoms with Gasteiger partial charge in [0.05, 0.1) is 5.45 Å². The molecule has 1 nitrogen and oxygen atoms in total. The second-order valence-corrected chi connectivity index (χ2v) is 4.07. The maximum absolute atomic E-state index is 3.44. The molecule has 0 unspecified atom stereocenters. The Hall–Kier alpha value is -0.340. The summed E-state index contributed by atoms with van der Waals surface area (Å²) in [5.41, 5.74) is 5.04. The average Bonchev–Trinajstić information content (AvgIpc) is 2.09. The Morgan fingerprint density at radius 1 is 1.31 bits per heavy atom. The number of halogens is 1. The van der Waals surface area contributed by atoms with Crippen LogP contribution in [-0.4, -0.2) is 17.4 Å². The van der Waals surface area contributed by atoms with Crippen molar-refractivity contribution in [3.63, 3.8) is 0 Å². The minimum absolute atomic E-state index is 0.917. The number of aryl methyl sites for hydroxylation is 2. The molecule has 0 atom stereocenters. The average molecular weight is 242 g/mol. The Morgan fingerprint density at radius 3 is 2.54 bits per heavy atom. The van der Waals surface area contributed by atoms with Crippen molar-refractivity contribution in [1.29, 1.82) is 0 Å². The summed E-state index contributed by atoms with van der Waals surface area (Å²) in [6.07, 6.45) is 0. The van der Waals surface area contributed by atoms with E-state index in [1.54, 1.807) is 0 Å². The van der Waals surface area contributed by atoms with E-state index in [-0.39, 0.29) is 0 Å². The lowest BCUT2D eigenvalue weighted by Crippen LogP contribution is -2.15. The Balaban J connectivity index is 2.77. The van der Waals surface area contributed by atoms with Crippen LogP contribution in [0.25, 0.3) is 0 Å². The molecule has 0 aromatic heterocycles. The van der Waals surface area contributed by atoms with Gasteiger partial charge in [-0.2, -0.15) is 0 Å². The van der Waals surface area contributed by atoms with Crippen LogP contribution in [0, 0.1) is 13.8 Å². The van der Waals surface area contributed by atoms with Crippen LogP contribution in [0.3, 0.4) is 0 Å². The van der Waals surface area contributed by atoms with Gasteiger partial charge in [0, 0.05) is 6.54 Å². The highest BCUT2D eigenvalue weighted by Gasteiger charge is 2.01. The van der Waals surface area contributed by atoms with Crippen LogP contribution < -0.4 is 0 Å². The SMILES string of the molecule is Cc1ccc(CN(C)CBr)c(C)c1. The summed E-state index contributed by atoms with van der Waals surface area (Å²) in [7, 11) is 2.11. The summed E-state index contributed by atoms with van der Waals surface area (Å²) in [5, 5.41) is 0. The van der Waals surface area contributed by atoms with Crippen molar-refractivity contribution in [2.75, 3.05) is 12.5 Å². The molecular formula is C11H16BrN.